The molecule has 0 radical (unpaired) electrons. The summed E-state index contributed by atoms with van der Waals surface area (Å²) in [6, 6.07) is 2.38. The second-order valence-electron chi connectivity index (χ2n) is 7.34. The third-order valence-electron chi connectivity index (χ3n) is 5.02. The minimum atomic E-state index is 0.288. The number of aromatic nitrogens is 3. The zero-order chi connectivity index (χ0) is 16.7. The van der Waals surface area contributed by atoms with E-state index in [1.54, 1.807) is 0 Å². The summed E-state index contributed by atoms with van der Waals surface area (Å²) in [5.41, 5.74) is 0.887. The van der Waals surface area contributed by atoms with Crippen LogP contribution < -0.4 is 5.32 Å². The molecule has 0 spiro atoms. The summed E-state index contributed by atoms with van der Waals surface area (Å²) >= 11 is 0. The van der Waals surface area contributed by atoms with E-state index in [1.165, 1.54) is 0 Å². The summed E-state index contributed by atoms with van der Waals surface area (Å²) in [5, 5.41) is 4.64. The van der Waals surface area contributed by atoms with Crippen molar-refractivity contribution >= 4 is 22.8 Å². The van der Waals surface area contributed by atoms with Gasteiger partial charge in [0, 0.05) is 37.2 Å². The molecule has 4 rings (SSSR count). The van der Waals surface area contributed by atoms with Gasteiger partial charge >= 0.3 is 0 Å². The third kappa shape index (κ3) is 2.97. The highest BCUT2D eigenvalue weighted by molar-refractivity contribution is 5.87. The number of nitrogens with one attached hydrogen (secondary N) is 2. The molecule has 6 nitrogen and oxygen atoms in total. The van der Waals surface area contributed by atoms with E-state index in [9.17, 15) is 4.79 Å². The number of hydrogen-bond acceptors (Lipinski definition) is 4. The maximum Gasteiger partial charge on any atom is 0.225 e. The molecule has 2 aromatic heterocycles. The molecule has 0 unspecified atom stereocenters. The Morgan fingerprint density at radius 3 is 2.67 bits per heavy atom. The van der Waals surface area contributed by atoms with Gasteiger partial charge in [-0.15, -0.1) is 0 Å². The zero-order valence-corrected chi connectivity index (χ0v) is 14.4. The Bertz CT molecular complexity index is 741. The number of carbonyl (C=O) groups excluding carboxylic acids is 1. The van der Waals surface area contributed by atoms with E-state index in [1.807, 2.05) is 17.2 Å². The molecular weight excluding hydrogens is 302 g/mol. The van der Waals surface area contributed by atoms with Gasteiger partial charge in [-0.05, 0) is 31.7 Å². The van der Waals surface area contributed by atoms with Crippen LogP contribution in [-0.2, 0) is 4.79 Å². The van der Waals surface area contributed by atoms with Crippen molar-refractivity contribution in [3.05, 3.63) is 18.1 Å². The first kappa shape index (κ1) is 15.4. The average Bonchev–Trinajstić information content (AvgIpc) is 3.32. The highest BCUT2D eigenvalue weighted by atomic mass is 16.2. The molecule has 24 heavy (non-hydrogen) atoms. The number of aromatic amines is 1. The number of hydrogen-bond donors (Lipinski definition) is 2. The van der Waals surface area contributed by atoms with Crippen LogP contribution in [-0.4, -0.2) is 44.9 Å². The van der Waals surface area contributed by atoms with E-state index in [4.69, 9.17) is 4.98 Å². The van der Waals surface area contributed by atoms with Gasteiger partial charge in [-0.2, -0.15) is 0 Å². The van der Waals surface area contributed by atoms with Gasteiger partial charge in [0.25, 0.3) is 0 Å². The summed E-state index contributed by atoms with van der Waals surface area (Å²) in [5.74, 6) is 2.75. The molecule has 2 aliphatic rings. The summed E-state index contributed by atoms with van der Waals surface area (Å²) in [7, 11) is 0. The average molecular weight is 327 g/mol. The Balaban J connectivity index is 1.46. The highest BCUT2D eigenvalue weighted by Gasteiger charge is 2.35. The van der Waals surface area contributed by atoms with E-state index >= 15 is 0 Å². The lowest BCUT2D eigenvalue weighted by Crippen LogP contribution is -2.43. The second-order valence-corrected chi connectivity index (χ2v) is 7.34. The van der Waals surface area contributed by atoms with Crippen LogP contribution in [0.3, 0.4) is 0 Å². The number of H-pyrrole nitrogens is 1. The normalized spacial score (nSPS) is 19.2. The molecule has 1 aliphatic carbocycles. The topological polar surface area (TPSA) is 73.9 Å². The van der Waals surface area contributed by atoms with Gasteiger partial charge in [0.05, 0.1) is 5.39 Å². The summed E-state index contributed by atoms with van der Waals surface area (Å²) in [6.07, 6.45) is 6.03. The molecule has 1 amide bonds. The van der Waals surface area contributed by atoms with Crippen molar-refractivity contribution in [3.8, 4) is 0 Å². The maximum absolute atomic E-state index is 12.2. The van der Waals surface area contributed by atoms with E-state index in [0.29, 0.717) is 17.9 Å². The van der Waals surface area contributed by atoms with Crippen molar-refractivity contribution in [2.45, 2.75) is 51.5 Å². The number of nitrogens with zero attached hydrogens (tertiary/aromatic N) is 3. The lowest BCUT2D eigenvalue weighted by molar-refractivity contribution is -0.133. The number of anilines is 1. The number of fused-ring (bicyclic) bond motifs is 1. The van der Waals surface area contributed by atoms with Crippen LogP contribution >= 0.6 is 0 Å². The predicted octanol–water partition coefficient (Wildman–Crippen LogP) is 2.89. The molecule has 0 atom stereocenters. The molecule has 2 fully saturated rings. The molecule has 3 heterocycles. The molecule has 2 N–H and O–H groups in total. The fraction of sp³-hybridized carbons (Fsp3) is 0.611. The number of carbonyl (C=O) groups is 1. The molecule has 128 valence electrons. The van der Waals surface area contributed by atoms with Crippen LogP contribution in [0.1, 0.15) is 51.3 Å². The summed E-state index contributed by atoms with van der Waals surface area (Å²) in [6.45, 7) is 5.92. The molecule has 1 saturated carbocycles. The summed E-state index contributed by atoms with van der Waals surface area (Å²) in [4.78, 5) is 26.7. The molecular formula is C18H25N5O. The molecule has 1 saturated heterocycles. The van der Waals surface area contributed by atoms with E-state index in [-0.39, 0.29) is 5.92 Å². The monoisotopic (exact) mass is 327 g/mol. The smallest absolute Gasteiger partial charge is 0.225 e. The first-order valence-electron chi connectivity index (χ1n) is 9.02. The lowest BCUT2D eigenvalue weighted by atomic mass is 10.0. The number of rotatable bonds is 4. The Hall–Kier alpha value is -2.11. The van der Waals surface area contributed by atoms with E-state index in [0.717, 1.165) is 61.4 Å². The van der Waals surface area contributed by atoms with Crippen LogP contribution in [0.5, 0.6) is 0 Å². The first-order valence-corrected chi connectivity index (χ1v) is 9.02. The van der Waals surface area contributed by atoms with Crippen molar-refractivity contribution in [1.29, 1.82) is 0 Å². The standard InChI is InChI=1S/C18H25N5O/c1-11(2)15-21-16-14(5-8-19-16)17(22-15)20-13-6-9-23(10-7-13)18(24)12-3-4-12/h5,8,11-13H,3-4,6-7,9-10H2,1-2H3,(H2,19,20,21,22). The Kier molecular flexibility index (Phi) is 3.90. The Morgan fingerprint density at radius 2 is 2.00 bits per heavy atom. The van der Waals surface area contributed by atoms with Crippen molar-refractivity contribution in [2.75, 3.05) is 18.4 Å². The van der Waals surface area contributed by atoms with Crippen LogP contribution in [0.25, 0.3) is 11.0 Å². The zero-order valence-electron chi connectivity index (χ0n) is 14.4. The minimum absolute atomic E-state index is 0.288. The van der Waals surface area contributed by atoms with Crippen molar-refractivity contribution in [3.63, 3.8) is 0 Å². The van der Waals surface area contributed by atoms with Crippen LogP contribution in [0.4, 0.5) is 5.82 Å². The van der Waals surface area contributed by atoms with Crippen LogP contribution in [0, 0.1) is 5.92 Å². The number of amides is 1. The van der Waals surface area contributed by atoms with Crippen molar-refractivity contribution in [2.24, 2.45) is 5.92 Å². The minimum Gasteiger partial charge on any atom is -0.367 e. The molecule has 0 bridgehead atoms. The van der Waals surface area contributed by atoms with Crippen LogP contribution in [0.15, 0.2) is 12.3 Å². The van der Waals surface area contributed by atoms with Gasteiger partial charge in [0.2, 0.25) is 5.91 Å². The quantitative estimate of drug-likeness (QED) is 0.905. The molecule has 1 aliphatic heterocycles. The first-order chi connectivity index (χ1) is 11.6. The second kappa shape index (κ2) is 6.07. The van der Waals surface area contributed by atoms with E-state index < -0.39 is 0 Å². The maximum atomic E-state index is 12.2. The lowest BCUT2D eigenvalue weighted by Gasteiger charge is -2.33. The van der Waals surface area contributed by atoms with Gasteiger partial charge in [-0.3, -0.25) is 4.79 Å². The fourth-order valence-corrected chi connectivity index (χ4v) is 3.35. The van der Waals surface area contributed by atoms with Crippen LogP contribution in [0.2, 0.25) is 0 Å². The number of likely N-dealkylation sites (tertiary alicyclic amines) is 1. The van der Waals surface area contributed by atoms with Gasteiger partial charge < -0.3 is 15.2 Å². The molecule has 6 heteroatoms. The Labute approximate surface area is 142 Å². The predicted molar refractivity (Wildman–Crippen MR) is 93.9 cm³/mol. The fourth-order valence-electron chi connectivity index (χ4n) is 3.35. The summed E-state index contributed by atoms with van der Waals surface area (Å²) < 4.78 is 0. The van der Waals surface area contributed by atoms with Gasteiger partial charge in [0.15, 0.2) is 0 Å². The SMILES string of the molecule is CC(C)c1nc(NC2CCN(C(=O)C3CC3)CC2)c2cc[nH]c2n1. The van der Waals surface area contributed by atoms with E-state index in [2.05, 4.69) is 29.1 Å². The molecule has 0 aromatic carbocycles. The van der Waals surface area contributed by atoms with Crippen molar-refractivity contribution in [1.82, 2.24) is 19.9 Å². The van der Waals surface area contributed by atoms with Gasteiger partial charge in [-0.1, -0.05) is 13.8 Å². The van der Waals surface area contributed by atoms with Gasteiger partial charge in [-0.25, -0.2) is 9.97 Å². The highest BCUT2D eigenvalue weighted by Crippen LogP contribution is 2.32. The largest absolute Gasteiger partial charge is 0.367 e. The number of piperidine rings is 1. The molecule has 2 aromatic rings. The van der Waals surface area contributed by atoms with Crippen molar-refractivity contribution < 1.29 is 4.79 Å². The third-order valence-corrected chi connectivity index (χ3v) is 5.02. The Morgan fingerprint density at radius 1 is 1.25 bits per heavy atom. The van der Waals surface area contributed by atoms with Gasteiger partial charge in [0.1, 0.15) is 17.3 Å².